The molecule has 162 valence electrons. The minimum absolute atomic E-state index is 0.0244. The van der Waals surface area contributed by atoms with Crippen LogP contribution in [0.25, 0.3) is 0 Å². The molecule has 1 fully saturated rings. The van der Waals surface area contributed by atoms with E-state index in [4.69, 9.17) is 4.74 Å². The molecule has 5 heteroatoms. The monoisotopic (exact) mass is 419 g/mol. The number of ketones is 1. The molecule has 3 rings (SSSR count). The van der Waals surface area contributed by atoms with Crippen molar-refractivity contribution in [1.29, 1.82) is 0 Å². The van der Waals surface area contributed by atoms with Gasteiger partial charge < -0.3 is 9.64 Å². The molecule has 1 heterocycles. The molecule has 0 aliphatic carbocycles. The standard InChI is InChI=1S/C26H29NO4/c1-26(2,21-7-5-4-6-8-21)23(28)15-13-22-14-16-24(29)27(22)18-17-19-9-11-20(12-10-19)25(30)31-3/h4-13,15,22H,14,16-18H2,1-3H3/t22-/m0/s1. The average Bonchev–Trinajstić information content (AvgIpc) is 3.15. The zero-order valence-electron chi connectivity index (χ0n) is 18.3. The minimum atomic E-state index is -0.618. The van der Waals surface area contributed by atoms with Gasteiger partial charge in [-0.2, -0.15) is 0 Å². The smallest absolute Gasteiger partial charge is 0.337 e. The highest BCUT2D eigenvalue weighted by molar-refractivity contribution is 5.98. The second kappa shape index (κ2) is 9.73. The Morgan fingerprint density at radius 2 is 1.77 bits per heavy atom. The number of likely N-dealkylation sites (tertiary alicyclic amines) is 1. The maximum absolute atomic E-state index is 12.9. The van der Waals surface area contributed by atoms with Gasteiger partial charge in [0.1, 0.15) is 0 Å². The maximum Gasteiger partial charge on any atom is 0.337 e. The van der Waals surface area contributed by atoms with E-state index in [1.807, 2.05) is 67.3 Å². The molecule has 0 N–H and O–H groups in total. The molecule has 2 aromatic rings. The zero-order chi connectivity index (χ0) is 22.4. The second-order valence-corrected chi connectivity index (χ2v) is 8.35. The highest BCUT2D eigenvalue weighted by atomic mass is 16.5. The summed E-state index contributed by atoms with van der Waals surface area (Å²) in [5.74, 6) is -0.235. The number of carbonyl (C=O) groups excluding carboxylic acids is 3. The Hall–Kier alpha value is -3.21. The topological polar surface area (TPSA) is 63.7 Å². The maximum atomic E-state index is 12.9. The van der Waals surface area contributed by atoms with Crippen molar-refractivity contribution < 1.29 is 19.1 Å². The van der Waals surface area contributed by atoms with Crippen LogP contribution in [0.15, 0.2) is 66.7 Å². The van der Waals surface area contributed by atoms with Crippen LogP contribution >= 0.6 is 0 Å². The Morgan fingerprint density at radius 3 is 2.42 bits per heavy atom. The molecule has 0 spiro atoms. The minimum Gasteiger partial charge on any atom is -0.465 e. The predicted molar refractivity (Wildman–Crippen MR) is 120 cm³/mol. The van der Waals surface area contributed by atoms with E-state index in [-0.39, 0.29) is 23.7 Å². The lowest BCUT2D eigenvalue weighted by Gasteiger charge is -2.24. The number of benzene rings is 2. The normalized spacial score (nSPS) is 16.7. The Balaban J connectivity index is 1.63. The fraction of sp³-hybridized carbons (Fsp3) is 0.346. The van der Waals surface area contributed by atoms with Crippen molar-refractivity contribution in [2.24, 2.45) is 0 Å². The van der Waals surface area contributed by atoms with Gasteiger partial charge in [-0.1, -0.05) is 48.5 Å². The van der Waals surface area contributed by atoms with Gasteiger partial charge in [-0.25, -0.2) is 4.79 Å². The number of rotatable bonds is 8. The lowest BCUT2D eigenvalue weighted by molar-refractivity contribution is -0.128. The number of ether oxygens (including phenoxy) is 1. The van der Waals surface area contributed by atoms with Gasteiger partial charge in [0.25, 0.3) is 0 Å². The largest absolute Gasteiger partial charge is 0.465 e. The number of hydrogen-bond acceptors (Lipinski definition) is 4. The van der Waals surface area contributed by atoms with Crippen LogP contribution in [-0.2, 0) is 26.2 Å². The molecule has 0 bridgehead atoms. The molecule has 0 aromatic heterocycles. The first kappa shape index (κ1) is 22.5. The third-order valence-electron chi connectivity index (χ3n) is 5.97. The Morgan fingerprint density at radius 1 is 1.10 bits per heavy atom. The summed E-state index contributed by atoms with van der Waals surface area (Å²) in [5, 5.41) is 0. The fourth-order valence-corrected chi connectivity index (χ4v) is 3.83. The second-order valence-electron chi connectivity index (χ2n) is 8.35. The fourth-order valence-electron chi connectivity index (χ4n) is 3.83. The molecular formula is C26H29NO4. The van der Waals surface area contributed by atoms with Gasteiger partial charge in [-0.3, -0.25) is 9.59 Å². The van der Waals surface area contributed by atoms with Crippen LogP contribution in [0.5, 0.6) is 0 Å². The summed E-state index contributed by atoms with van der Waals surface area (Å²) in [6.45, 7) is 4.41. The summed E-state index contributed by atoms with van der Waals surface area (Å²) in [6, 6.07) is 16.9. The molecule has 1 atom stereocenters. The summed E-state index contributed by atoms with van der Waals surface area (Å²) < 4.78 is 4.72. The third-order valence-corrected chi connectivity index (χ3v) is 5.97. The number of methoxy groups -OCH3 is 1. The lowest BCUT2D eigenvalue weighted by atomic mass is 9.80. The summed E-state index contributed by atoms with van der Waals surface area (Å²) in [6.07, 6.45) is 5.40. The summed E-state index contributed by atoms with van der Waals surface area (Å²) in [7, 11) is 1.36. The SMILES string of the molecule is COC(=O)c1ccc(CCN2C(=O)CC[C@@H]2C=CC(=O)C(C)(C)c2ccccc2)cc1. The van der Waals surface area contributed by atoms with E-state index >= 15 is 0 Å². The van der Waals surface area contributed by atoms with Crippen LogP contribution in [0.2, 0.25) is 0 Å². The number of hydrogen-bond donors (Lipinski definition) is 0. The Labute approximate surface area is 183 Å². The molecule has 2 aromatic carbocycles. The third kappa shape index (κ3) is 5.29. The van der Waals surface area contributed by atoms with E-state index in [1.165, 1.54) is 7.11 Å². The van der Waals surface area contributed by atoms with Crippen LogP contribution in [0.4, 0.5) is 0 Å². The molecule has 1 saturated heterocycles. The lowest BCUT2D eigenvalue weighted by Crippen LogP contribution is -2.34. The van der Waals surface area contributed by atoms with Crippen molar-refractivity contribution >= 4 is 17.7 Å². The van der Waals surface area contributed by atoms with E-state index in [9.17, 15) is 14.4 Å². The van der Waals surface area contributed by atoms with E-state index < -0.39 is 5.41 Å². The van der Waals surface area contributed by atoms with Gasteiger partial charge in [0.15, 0.2) is 5.78 Å². The molecule has 0 radical (unpaired) electrons. The predicted octanol–water partition coefficient (Wildman–Crippen LogP) is 4.11. The van der Waals surface area contributed by atoms with E-state index in [1.54, 1.807) is 18.2 Å². The number of amides is 1. The van der Waals surface area contributed by atoms with E-state index in [0.29, 0.717) is 24.9 Å². The molecular weight excluding hydrogens is 390 g/mol. The van der Waals surface area contributed by atoms with Crippen LogP contribution < -0.4 is 0 Å². The molecule has 1 aliphatic heterocycles. The van der Waals surface area contributed by atoms with Crippen molar-refractivity contribution in [2.75, 3.05) is 13.7 Å². The van der Waals surface area contributed by atoms with Gasteiger partial charge >= 0.3 is 5.97 Å². The Kier molecular flexibility index (Phi) is 7.06. The first-order valence-electron chi connectivity index (χ1n) is 10.6. The first-order valence-corrected chi connectivity index (χ1v) is 10.6. The molecule has 0 unspecified atom stereocenters. The zero-order valence-corrected chi connectivity index (χ0v) is 18.3. The van der Waals surface area contributed by atoms with Crippen molar-refractivity contribution in [3.05, 3.63) is 83.4 Å². The van der Waals surface area contributed by atoms with Gasteiger partial charge in [0, 0.05) is 13.0 Å². The highest BCUT2D eigenvalue weighted by Crippen LogP contribution is 2.26. The summed E-state index contributed by atoms with van der Waals surface area (Å²) in [4.78, 5) is 38.7. The average molecular weight is 420 g/mol. The molecule has 1 amide bonds. The van der Waals surface area contributed by atoms with Gasteiger partial charge in [-0.15, -0.1) is 0 Å². The van der Waals surface area contributed by atoms with Crippen LogP contribution in [-0.4, -0.2) is 42.3 Å². The van der Waals surface area contributed by atoms with Gasteiger partial charge in [0.2, 0.25) is 5.91 Å². The van der Waals surface area contributed by atoms with Gasteiger partial charge in [-0.05, 0) is 56.0 Å². The quantitative estimate of drug-likeness (QED) is 0.477. The number of nitrogens with zero attached hydrogens (tertiary/aromatic N) is 1. The van der Waals surface area contributed by atoms with Crippen LogP contribution in [0, 0.1) is 0 Å². The molecule has 1 aliphatic rings. The van der Waals surface area contributed by atoms with Crippen molar-refractivity contribution in [1.82, 2.24) is 4.90 Å². The van der Waals surface area contributed by atoms with Crippen molar-refractivity contribution in [3.8, 4) is 0 Å². The van der Waals surface area contributed by atoms with Crippen LogP contribution in [0.1, 0.15) is 48.2 Å². The number of esters is 1. The van der Waals surface area contributed by atoms with E-state index in [2.05, 4.69) is 0 Å². The summed E-state index contributed by atoms with van der Waals surface area (Å²) >= 11 is 0. The van der Waals surface area contributed by atoms with Crippen molar-refractivity contribution in [2.45, 2.75) is 44.6 Å². The Bertz CT molecular complexity index is 961. The molecule has 31 heavy (non-hydrogen) atoms. The number of carbonyl (C=O) groups is 3. The van der Waals surface area contributed by atoms with E-state index in [0.717, 1.165) is 17.5 Å². The number of allylic oxidation sites excluding steroid dienone is 1. The van der Waals surface area contributed by atoms with Crippen molar-refractivity contribution in [3.63, 3.8) is 0 Å². The molecule has 0 saturated carbocycles. The van der Waals surface area contributed by atoms with Gasteiger partial charge in [0.05, 0.1) is 24.1 Å². The highest BCUT2D eigenvalue weighted by Gasteiger charge is 2.31. The molecule has 5 nitrogen and oxygen atoms in total. The van der Waals surface area contributed by atoms with Crippen LogP contribution in [0.3, 0.4) is 0 Å². The summed E-state index contributed by atoms with van der Waals surface area (Å²) in [5.41, 5.74) is 1.90. The first-order chi connectivity index (χ1) is 14.8.